The molecule has 114 valence electrons. The fourth-order valence-corrected chi connectivity index (χ4v) is 4.33. The van der Waals surface area contributed by atoms with Gasteiger partial charge in [0.15, 0.2) is 5.78 Å². The van der Waals surface area contributed by atoms with Gasteiger partial charge in [0.1, 0.15) is 0 Å². The van der Waals surface area contributed by atoms with Crippen LogP contribution in [0.5, 0.6) is 0 Å². The van der Waals surface area contributed by atoms with Crippen LogP contribution in [0.3, 0.4) is 0 Å². The summed E-state index contributed by atoms with van der Waals surface area (Å²) in [5.41, 5.74) is 4.89. The number of nitrogens with zero attached hydrogens (tertiary/aromatic N) is 1. The molecule has 0 spiro atoms. The number of aromatic nitrogens is 1. The van der Waals surface area contributed by atoms with Crippen LogP contribution < -0.4 is 5.32 Å². The van der Waals surface area contributed by atoms with Crippen LogP contribution in [0, 0.1) is 12.3 Å². The lowest BCUT2D eigenvalue weighted by atomic mass is 9.69. The van der Waals surface area contributed by atoms with Gasteiger partial charge >= 0.3 is 0 Å². The van der Waals surface area contributed by atoms with Crippen molar-refractivity contribution in [3.05, 3.63) is 44.9 Å². The number of hydrogen-bond donors (Lipinski definition) is 1. The number of thiophene rings is 1. The Kier molecular flexibility index (Phi) is 2.85. The van der Waals surface area contributed by atoms with Crippen LogP contribution in [0.15, 0.2) is 32.6 Å². The molecular formula is C17H18N2O2S. The Morgan fingerprint density at radius 1 is 1.41 bits per heavy atom. The average Bonchev–Trinajstić information content (AvgIpc) is 3.05. The van der Waals surface area contributed by atoms with E-state index in [-0.39, 0.29) is 17.1 Å². The predicted molar refractivity (Wildman–Crippen MR) is 86.1 cm³/mol. The van der Waals surface area contributed by atoms with Crippen LogP contribution in [-0.2, 0) is 4.79 Å². The van der Waals surface area contributed by atoms with Crippen LogP contribution in [0.25, 0.3) is 0 Å². The second-order valence-corrected chi connectivity index (χ2v) is 7.74. The molecule has 2 aromatic rings. The van der Waals surface area contributed by atoms with Crippen molar-refractivity contribution in [2.45, 2.75) is 39.5 Å². The highest BCUT2D eigenvalue weighted by molar-refractivity contribution is 7.08. The molecule has 0 saturated carbocycles. The van der Waals surface area contributed by atoms with E-state index in [0.29, 0.717) is 12.3 Å². The van der Waals surface area contributed by atoms with Gasteiger partial charge in [-0.2, -0.15) is 11.3 Å². The first kappa shape index (κ1) is 13.8. The summed E-state index contributed by atoms with van der Waals surface area (Å²) < 4.78 is 5.46. The molecule has 1 aliphatic carbocycles. The number of carbonyl (C=O) groups excluding carboxylic acids is 1. The molecule has 2 aliphatic rings. The third-order valence-electron chi connectivity index (χ3n) is 4.55. The van der Waals surface area contributed by atoms with Gasteiger partial charge in [-0.15, -0.1) is 0 Å². The third kappa shape index (κ3) is 1.96. The zero-order valence-corrected chi connectivity index (χ0v) is 13.7. The van der Waals surface area contributed by atoms with E-state index >= 15 is 0 Å². The minimum atomic E-state index is -0.0488. The van der Waals surface area contributed by atoms with E-state index in [1.54, 1.807) is 11.3 Å². The largest absolute Gasteiger partial charge is 0.338 e. The zero-order chi connectivity index (χ0) is 15.5. The maximum absolute atomic E-state index is 12.8. The van der Waals surface area contributed by atoms with E-state index in [1.165, 1.54) is 0 Å². The van der Waals surface area contributed by atoms with Gasteiger partial charge in [-0.05, 0) is 41.1 Å². The van der Waals surface area contributed by atoms with E-state index in [2.05, 4.69) is 41.1 Å². The van der Waals surface area contributed by atoms with Gasteiger partial charge in [0.25, 0.3) is 0 Å². The Hall–Kier alpha value is -1.88. The fraction of sp³-hybridized carbons (Fsp3) is 0.412. The number of allylic oxidation sites excluding steroid dienone is 2. The van der Waals surface area contributed by atoms with E-state index < -0.39 is 0 Å². The molecule has 0 radical (unpaired) electrons. The van der Waals surface area contributed by atoms with Crippen molar-refractivity contribution in [2.75, 3.05) is 5.32 Å². The quantitative estimate of drug-likeness (QED) is 0.855. The molecule has 5 heteroatoms. The molecule has 2 aromatic heterocycles. The monoisotopic (exact) mass is 314 g/mol. The van der Waals surface area contributed by atoms with Crippen molar-refractivity contribution in [3.63, 3.8) is 0 Å². The third-order valence-corrected chi connectivity index (χ3v) is 5.25. The Morgan fingerprint density at radius 3 is 2.95 bits per heavy atom. The van der Waals surface area contributed by atoms with Crippen LogP contribution in [0.4, 0.5) is 5.88 Å². The lowest BCUT2D eigenvalue weighted by molar-refractivity contribution is -0.118. The number of ketones is 1. The summed E-state index contributed by atoms with van der Waals surface area (Å²) in [6, 6.07) is 2.09. The smallest absolute Gasteiger partial charge is 0.233 e. The van der Waals surface area contributed by atoms with Crippen molar-refractivity contribution >= 4 is 23.0 Å². The first-order chi connectivity index (χ1) is 10.5. The number of hydrogen-bond acceptors (Lipinski definition) is 5. The summed E-state index contributed by atoms with van der Waals surface area (Å²) in [7, 11) is 0. The highest BCUT2D eigenvalue weighted by Gasteiger charge is 2.42. The summed E-state index contributed by atoms with van der Waals surface area (Å²) in [4.78, 5) is 12.8. The van der Waals surface area contributed by atoms with Crippen LogP contribution in [0.2, 0.25) is 0 Å². The molecule has 4 rings (SSSR count). The van der Waals surface area contributed by atoms with Crippen molar-refractivity contribution in [3.8, 4) is 0 Å². The lowest BCUT2D eigenvalue weighted by Gasteiger charge is -2.37. The molecule has 4 nitrogen and oxygen atoms in total. The Morgan fingerprint density at radius 2 is 2.23 bits per heavy atom. The molecule has 0 saturated heterocycles. The standard InChI is InChI=1S/C17H18N2O2S/c1-9-13-14(10-4-5-22-8-10)15-11(18-16(13)21-19-9)6-17(2,3)7-12(15)20/h4-5,8,14,18H,6-7H2,1-3H3/t14-/m0/s1. The van der Waals surface area contributed by atoms with Gasteiger partial charge in [-0.3, -0.25) is 4.79 Å². The topological polar surface area (TPSA) is 55.1 Å². The minimum Gasteiger partial charge on any atom is -0.338 e. The fourth-order valence-electron chi connectivity index (χ4n) is 3.64. The highest BCUT2D eigenvalue weighted by Crippen LogP contribution is 2.50. The van der Waals surface area contributed by atoms with E-state index in [9.17, 15) is 4.79 Å². The van der Waals surface area contributed by atoms with Gasteiger partial charge in [0.2, 0.25) is 5.88 Å². The SMILES string of the molecule is Cc1noc2c1[C@H](c1ccsc1)C1=C(CC(C)(C)CC1=O)N2. The Labute approximate surface area is 133 Å². The molecule has 1 N–H and O–H groups in total. The highest BCUT2D eigenvalue weighted by atomic mass is 32.1. The van der Waals surface area contributed by atoms with Gasteiger partial charge in [-0.1, -0.05) is 19.0 Å². The molecule has 0 aromatic carbocycles. The summed E-state index contributed by atoms with van der Waals surface area (Å²) in [6.45, 7) is 6.21. The van der Waals surface area contributed by atoms with Crippen LogP contribution >= 0.6 is 11.3 Å². The first-order valence-corrected chi connectivity index (χ1v) is 8.42. The van der Waals surface area contributed by atoms with E-state index in [1.807, 2.05) is 6.92 Å². The summed E-state index contributed by atoms with van der Waals surface area (Å²) in [6.07, 6.45) is 1.45. The summed E-state index contributed by atoms with van der Waals surface area (Å²) in [5.74, 6) is 0.881. The van der Waals surface area contributed by atoms with Crippen LogP contribution in [-0.4, -0.2) is 10.9 Å². The Bertz CT molecular complexity index is 784. The van der Waals surface area contributed by atoms with Gasteiger partial charge in [0, 0.05) is 23.6 Å². The molecule has 0 fully saturated rings. The first-order valence-electron chi connectivity index (χ1n) is 7.48. The molecule has 1 atom stereocenters. The number of aryl methyl sites for hydroxylation is 1. The second kappa shape index (κ2) is 4.56. The minimum absolute atomic E-state index is 0.0192. The van der Waals surface area contributed by atoms with Crippen LogP contribution in [0.1, 0.15) is 49.4 Å². The van der Waals surface area contributed by atoms with Gasteiger partial charge < -0.3 is 9.84 Å². The van der Waals surface area contributed by atoms with Crippen molar-refractivity contribution in [2.24, 2.45) is 5.41 Å². The number of fused-ring (bicyclic) bond motifs is 1. The van der Waals surface area contributed by atoms with Crippen molar-refractivity contribution < 1.29 is 9.32 Å². The predicted octanol–water partition coefficient (Wildman–Crippen LogP) is 4.25. The molecular weight excluding hydrogens is 296 g/mol. The Balaban J connectivity index is 1.94. The van der Waals surface area contributed by atoms with E-state index in [0.717, 1.165) is 34.5 Å². The van der Waals surface area contributed by atoms with Crippen molar-refractivity contribution in [1.82, 2.24) is 5.16 Å². The number of Topliss-reactive ketones (excluding diaryl/α,β-unsaturated/α-hetero) is 1. The summed E-state index contributed by atoms with van der Waals surface area (Å²) >= 11 is 1.65. The number of anilines is 1. The molecule has 0 bridgehead atoms. The zero-order valence-electron chi connectivity index (χ0n) is 12.9. The molecule has 22 heavy (non-hydrogen) atoms. The maximum Gasteiger partial charge on any atom is 0.233 e. The maximum atomic E-state index is 12.8. The molecule has 1 aliphatic heterocycles. The lowest BCUT2D eigenvalue weighted by Crippen LogP contribution is -2.33. The molecule has 0 unspecified atom stereocenters. The van der Waals surface area contributed by atoms with Gasteiger partial charge in [-0.25, -0.2) is 0 Å². The second-order valence-electron chi connectivity index (χ2n) is 6.96. The van der Waals surface area contributed by atoms with Crippen molar-refractivity contribution in [1.29, 1.82) is 0 Å². The normalized spacial score (nSPS) is 23.0. The number of rotatable bonds is 1. The van der Waals surface area contributed by atoms with E-state index in [4.69, 9.17) is 4.52 Å². The molecule has 0 amide bonds. The van der Waals surface area contributed by atoms with Gasteiger partial charge in [0.05, 0.1) is 11.3 Å². The summed E-state index contributed by atoms with van der Waals surface area (Å²) in [5, 5.41) is 11.6. The average molecular weight is 314 g/mol. The molecule has 3 heterocycles. The number of nitrogens with one attached hydrogen (secondary N) is 1. The number of carbonyl (C=O) groups is 1.